The number of carbonyl (C=O) groups is 1. The molecule has 0 saturated carbocycles. The molecule has 11 nitrogen and oxygen atoms in total. The molecule has 1 N–H and O–H groups in total. The number of piperazine rings is 1. The van der Waals surface area contributed by atoms with Crippen LogP contribution in [0.5, 0.6) is 11.6 Å². The number of benzene rings is 1. The van der Waals surface area contributed by atoms with Crippen molar-refractivity contribution in [3.63, 3.8) is 0 Å². The summed E-state index contributed by atoms with van der Waals surface area (Å²) < 4.78 is 20.8. The van der Waals surface area contributed by atoms with E-state index in [9.17, 15) is 14.4 Å². The van der Waals surface area contributed by atoms with E-state index in [-0.39, 0.29) is 27.7 Å². The van der Waals surface area contributed by atoms with Crippen LogP contribution in [-0.2, 0) is 4.79 Å². The molecule has 0 bridgehead atoms. The van der Waals surface area contributed by atoms with Gasteiger partial charge in [0.15, 0.2) is 5.75 Å². The first-order chi connectivity index (χ1) is 19.2. The molecule has 4 aromatic rings. The van der Waals surface area contributed by atoms with E-state index < -0.39 is 11.2 Å². The summed E-state index contributed by atoms with van der Waals surface area (Å²) in [5.41, 5.74) is 0.202. The quantitative estimate of drug-likeness (QED) is 0.270. The minimum absolute atomic E-state index is 0.00596. The van der Waals surface area contributed by atoms with E-state index in [0.717, 1.165) is 0 Å². The number of aromatic amines is 1. The summed E-state index contributed by atoms with van der Waals surface area (Å²) in [4.78, 5) is 31.8. The number of anilines is 2. The van der Waals surface area contributed by atoms with Crippen molar-refractivity contribution in [3.05, 3.63) is 47.0 Å². The summed E-state index contributed by atoms with van der Waals surface area (Å²) in [6.45, 7) is 8.28. The van der Waals surface area contributed by atoms with E-state index in [1.807, 2.05) is 16.7 Å². The van der Waals surface area contributed by atoms with Crippen molar-refractivity contribution in [2.45, 2.75) is 6.92 Å². The van der Waals surface area contributed by atoms with E-state index in [4.69, 9.17) is 37.9 Å². The van der Waals surface area contributed by atoms with Crippen molar-refractivity contribution < 1.29 is 13.9 Å². The van der Waals surface area contributed by atoms with Gasteiger partial charge < -0.3 is 19.4 Å². The average molecular weight is 582 g/mol. The highest BCUT2D eigenvalue weighted by Crippen LogP contribution is 2.42. The predicted octanol–water partition coefficient (Wildman–Crippen LogP) is 4.32. The molecule has 2 fully saturated rings. The van der Waals surface area contributed by atoms with E-state index in [2.05, 4.69) is 27.8 Å². The van der Waals surface area contributed by atoms with Crippen LogP contribution < -0.4 is 14.5 Å². The van der Waals surface area contributed by atoms with Crippen molar-refractivity contribution in [2.75, 3.05) is 49.1 Å². The molecule has 2 aliphatic heterocycles. The Kier molecular flexibility index (Phi) is 6.35. The summed E-state index contributed by atoms with van der Waals surface area (Å²) in [5, 5.41) is 17.1. The first-order valence-electron chi connectivity index (χ1n) is 12.4. The van der Waals surface area contributed by atoms with Crippen molar-refractivity contribution in [1.29, 1.82) is 5.26 Å². The largest absolute Gasteiger partial charge is 0.434 e. The molecule has 1 amide bonds. The van der Waals surface area contributed by atoms with E-state index in [1.165, 1.54) is 18.3 Å². The molecular weight excluding hydrogens is 560 g/mol. The number of carbonyl (C=O) groups excluding carboxylic acids is 1. The summed E-state index contributed by atoms with van der Waals surface area (Å²) >= 11 is 12.8. The normalized spacial score (nSPS) is 16.6. The van der Waals surface area contributed by atoms with Crippen LogP contribution >= 0.6 is 23.2 Å². The second-order valence-electron chi connectivity index (χ2n) is 9.97. The number of nitrogens with zero attached hydrogens (tertiary/aromatic N) is 8. The molecule has 14 heteroatoms. The molecule has 0 spiro atoms. The number of fused-ring (bicyclic) bond motifs is 2. The summed E-state index contributed by atoms with van der Waals surface area (Å²) in [6, 6.07) is 5.19. The highest BCUT2D eigenvalue weighted by atomic mass is 35.5. The van der Waals surface area contributed by atoms with Crippen molar-refractivity contribution >= 4 is 62.7 Å². The number of pyridine rings is 1. The van der Waals surface area contributed by atoms with Crippen molar-refractivity contribution in [2.24, 2.45) is 5.41 Å². The first-order valence-corrected chi connectivity index (χ1v) is 13.1. The number of nitriles is 1. The van der Waals surface area contributed by atoms with Crippen LogP contribution in [-0.4, -0.2) is 75.2 Å². The Morgan fingerprint density at radius 1 is 1.18 bits per heavy atom. The Bertz CT molecular complexity index is 1720. The summed E-state index contributed by atoms with van der Waals surface area (Å²) in [5.74, 6) is 0.146. The van der Waals surface area contributed by atoms with Gasteiger partial charge in [0.2, 0.25) is 17.7 Å². The molecule has 2 aliphatic rings. The van der Waals surface area contributed by atoms with Crippen LogP contribution in [0.2, 0.25) is 10.2 Å². The van der Waals surface area contributed by atoms with Gasteiger partial charge in [0, 0.05) is 45.3 Å². The van der Waals surface area contributed by atoms with Gasteiger partial charge in [-0.2, -0.15) is 20.3 Å². The monoisotopic (exact) mass is 581 g/mol. The third-order valence-electron chi connectivity index (χ3n) is 7.08. The number of H-pyrrole nitrogens is 1. The average Bonchev–Trinajstić information content (AvgIpc) is 3.41. The molecule has 0 unspecified atom stereocenters. The molecule has 6 rings (SSSR count). The Hall–Kier alpha value is -4.21. The Morgan fingerprint density at radius 2 is 1.93 bits per heavy atom. The van der Waals surface area contributed by atoms with Gasteiger partial charge in [-0.1, -0.05) is 29.8 Å². The van der Waals surface area contributed by atoms with Crippen LogP contribution in [0.1, 0.15) is 6.92 Å². The smallest absolute Gasteiger partial charge is 0.247 e. The second-order valence-corrected chi connectivity index (χ2v) is 10.7. The number of hydrogen-bond donors (Lipinski definition) is 1. The van der Waals surface area contributed by atoms with Crippen LogP contribution in [0.25, 0.3) is 21.8 Å². The van der Waals surface area contributed by atoms with Crippen LogP contribution in [0.15, 0.2) is 31.0 Å². The molecule has 5 heterocycles. The molecule has 0 radical (unpaired) electrons. The molecular formula is C26H22Cl2FN9O2. The topological polar surface area (TPSA) is 127 Å². The summed E-state index contributed by atoms with van der Waals surface area (Å²) in [6.07, 6.45) is 2.77. The fourth-order valence-corrected chi connectivity index (χ4v) is 5.35. The SMILES string of the molecule is C=CC(=O)N1CCN(c2nc(N3CC(C)(C#N)C3)nc3c(Oc4c(Cl)c(F)cc5[nH]ncc45)nc(Cl)cc23)CC1. The second kappa shape index (κ2) is 9.76. The number of nitrogens with one attached hydrogen (secondary N) is 1. The fraction of sp³-hybridized carbons (Fsp3) is 0.308. The third-order valence-corrected chi connectivity index (χ3v) is 7.62. The molecule has 2 saturated heterocycles. The number of amides is 1. The molecule has 40 heavy (non-hydrogen) atoms. The first kappa shape index (κ1) is 26.0. The highest BCUT2D eigenvalue weighted by molar-refractivity contribution is 6.33. The number of ether oxygens (including phenoxy) is 1. The number of rotatable bonds is 5. The summed E-state index contributed by atoms with van der Waals surface area (Å²) in [7, 11) is 0. The number of hydrogen-bond acceptors (Lipinski definition) is 9. The number of aromatic nitrogens is 5. The van der Waals surface area contributed by atoms with Gasteiger partial charge in [-0.25, -0.2) is 9.37 Å². The maximum Gasteiger partial charge on any atom is 0.247 e. The van der Waals surface area contributed by atoms with Crippen LogP contribution in [0, 0.1) is 22.6 Å². The van der Waals surface area contributed by atoms with Gasteiger partial charge in [0.05, 0.1) is 34.0 Å². The van der Waals surface area contributed by atoms with E-state index >= 15 is 0 Å². The maximum atomic E-state index is 14.6. The lowest BCUT2D eigenvalue weighted by atomic mass is 9.84. The van der Waals surface area contributed by atoms with Gasteiger partial charge in [-0.15, -0.1) is 0 Å². The molecule has 3 aromatic heterocycles. The van der Waals surface area contributed by atoms with Crippen LogP contribution in [0.4, 0.5) is 16.2 Å². The molecule has 0 atom stereocenters. The van der Waals surface area contributed by atoms with E-state index in [1.54, 1.807) is 11.0 Å². The van der Waals surface area contributed by atoms with E-state index in [0.29, 0.717) is 72.8 Å². The standard InChI is InChI=1S/C26H22Cl2FN9O2/c1-3-19(39)36-4-6-37(7-5-36)23-14-8-18(27)32-24(21(14)33-25(34-23)38-12-26(2,11-30)13-38)40-22-15-10-31-35-17(15)9-16(29)20(22)28/h3,8-10H,1,4-7,12-13H2,2H3,(H,31,35). The molecule has 204 valence electrons. The lowest BCUT2D eigenvalue weighted by Gasteiger charge is -2.43. The van der Waals surface area contributed by atoms with Crippen molar-refractivity contribution in [1.82, 2.24) is 30.0 Å². The lowest BCUT2D eigenvalue weighted by molar-refractivity contribution is -0.126. The lowest BCUT2D eigenvalue weighted by Crippen LogP contribution is -2.55. The third kappa shape index (κ3) is 4.41. The highest BCUT2D eigenvalue weighted by Gasteiger charge is 2.41. The Balaban J connectivity index is 1.48. The Morgan fingerprint density at radius 3 is 2.62 bits per heavy atom. The van der Waals surface area contributed by atoms with Gasteiger partial charge >= 0.3 is 0 Å². The fourth-order valence-electron chi connectivity index (χ4n) is 4.97. The molecule has 0 aliphatic carbocycles. The van der Waals surface area contributed by atoms with Crippen LogP contribution in [0.3, 0.4) is 0 Å². The van der Waals surface area contributed by atoms with Gasteiger partial charge in [-0.05, 0) is 19.1 Å². The number of halogens is 3. The predicted molar refractivity (Wildman–Crippen MR) is 148 cm³/mol. The maximum absolute atomic E-state index is 14.6. The minimum atomic E-state index is -0.695. The zero-order valence-corrected chi connectivity index (χ0v) is 22.8. The van der Waals surface area contributed by atoms with Gasteiger partial charge in [0.1, 0.15) is 27.3 Å². The van der Waals surface area contributed by atoms with Crippen molar-refractivity contribution in [3.8, 4) is 17.7 Å². The molecule has 1 aromatic carbocycles. The zero-order valence-electron chi connectivity index (χ0n) is 21.3. The van der Waals surface area contributed by atoms with Gasteiger partial charge in [-0.3, -0.25) is 9.89 Å². The van der Waals surface area contributed by atoms with Gasteiger partial charge in [0.25, 0.3) is 0 Å². The minimum Gasteiger partial charge on any atom is -0.434 e. The zero-order chi connectivity index (χ0) is 28.2. The Labute approximate surface area is 237 Å².